The van der Waals surface area contributed by atoms with Gasteiger partial charge in [-0.15, -0.1) is 0 Å². The fourth-order valence-electron chi connectivity index (χ4n) is 2.44. The second kappa shape index (κ2) is 3.89. The van der Waals surface area contributed by atoms with Gasteiger partial charge < -0.3 is 5.73 Å². The molecule has 3 heteroatoms. The SMILES string of the molecule is CC1C(N)CCC1c1cccc(F)c1F. The van der Waals surface area contributed by atoms with Gasteiger partial charge >= 0.3 is 0 Å². The zero-order chi connectivity index (χ0) is 11.0. The lowest BCUT2D eigenvalue weighted by Crippen LogP contribution is -2.24. The standard InChI is InChI=1S/C12H15F2N/c1-7-8(5-6-11(7)15)9-3-2-4-10(13)12(9)14/h2-4,7-8,11H,5-6,15H2,1H3. The van der Waals surface area contributed by atoms with Crippen molar-refractivity contribution in [2.45, 2.75) is 31.7 Å². The summed E-state index contributed by atoms with van der Waals surface area (Å²) in [6.45, 7) is 2.01. The van der Waals surface area contributed by atoms with Crippen molar-refractivity contribution < 1.29 is 8.78 Å². The molecular formula is C12H15F2N. The van der Waals surface area contributed by atoms with E-state index in [2.05, 4.69) is 0 Å². The fraction of sp³-hybridized carbons (Fsp3) is 0.500. The summed E-state index contributed by atoms with van der Waals surface area (Å²) in [4.78, 5) is 0. The molecule has 0 radical (unpaired) electrons. The van der Waals surface area contributed by atoms with Gasteiger partial charge in [0.25, 0.3) is 0 Å². The number of hydrogen-bond donors (Lipinski definition) is 1. The summed E-state index contributed by atoms with van der Waals surface area (Å²) >= 11 is 0. The summed E-state index contributed by atoms with van der Waals surface area (Å²) in [5, 5.41) is 0. The summed E-state index contributed by atoms with van der Waals surface area (Å²) in [6.07, 6.45) is 1.74. The van der Waals surface area contributed by atoms with Crippen molar-refractivity contribution in [1.82, 2.24) is 0 Å². The van der Waals surface area contributed by atoms with E-state index in [1.54, 1.807) is 12.1 Å². The molecule has 1 aromatic carbocycles. The Balaban J connectivity index is 2.34. The van der Waals surface area contributed by atoms with Gasteiger partial charge in [-0.1, -0.05) is 19.1 Å². The van der Waals surface area contributed by atoms with Crippen molar-refractivity contribution in [3.63, 3.8) is 0 Å². The number of rotatable bonds is 1. The van der Waals surface area contributed by atoms with E-state index in [4.69, 9.17) is 5.73 Å². The van der Waals surface area contributed by atoms with Gasteiger partial charge in [0.05, 0.1) is 0 Å². The molecule has 0 aromatic heterocycles. The van der Waals surface area contributed by atoms with E-state index >= 15 is 0 Å². The Hall–Kier alpha value is -0.960. The molecule has 82 valence electrons. The Bertz CT molecular complexity index is 365. The topological polar surface area (TPSA) is 26.0 Å². The Morgan fingerprint density at radius 1 is 1.27 bits per heavy atom. The molecule has 0 heterocycles. The molecule has 1 nitrogen and oxygen atoms in total. The average Bonchev–Trinajstić information content (AvgIpc) is 2.53. The van der Waals surface area contributed by atoms with Crippen molar-refractivity contribution in [2.24, 2.45) is 11.7 Å². The smallest absolute Gasteiger partial charge is 0.162 e. The molecule has 1 aromatic rings. The van der Waals surface area contributed by atoms with Crippen LogP contribution in [0.25, 0.3) is 0 Å². The van der Waals surface area contributed by atoms with Crippen LogP contribution in [0.2, 0.25) is 0 Å². The van der Waals surface area contributed by atoms with Gasteiger partial charge in [0.2, 0.25) is 0 Å². The number of halogens is 2. The first-order valence-corrected chi connectivity index (χ1v) is 5.30. The maximum absolute atomic E-state index is 13.5. The molecule has 0 aliphatic heterocycles. The third-order valence-corrected chi connectivity index (χ3v) is 3.50. The second-order valence-electron chi connectivity index (χ2n) is 4.35. The molecule has 0 saturated heterocycles. The molecule has 1 aliphatic carbocycles. The van der Waals surface area contributed by atoms with Crippen LogP contribution in [-0.4, -0.2) is 6.04 Å². The molecule has 0 amide bonds. The predicted molar refractivity (Wildman–Crippen MR) is 55.5 cm³/mol. The highest BCUT2D eigenvalue weighted by atomic mass is 19.2. The van der Waals surface area contributed by atoms with Gasteiger partial charge in [0, 0.05) is 6.04 Å². The minimum Gasteiger partial charge on any atom is -0.327 e. The summed E-state index contributed by atoms with van der Waals surface area (Å²) in [5.41, 5.74) is 6.36. The van der Waals surface area contributed by atoms with E-state index in [-0.39, 0.29) is 17.9 Å². The average molecular weight is 211 g/mol. The van der Waals surface area contributed by atoms with E-state index in [1.165, 1.54) is 0 Å². The maximum atomic E-state index is 13.5. The van der Waals surface area contributed by atoms with E-state index in [0.717, 1.165) is 18.9 Å². The predicted octanol–water partition coefficient (Wildman–Crippen LogP) is 2.81. The van der Waals surface area contributed by atoms with Crippen LogP contribution in [0.5, 0.6) is 0 Å². The van der Waals surface area contributed by atoms with Gasteiger partial charge in [-0.2, -0.15) is 0 Å². The lowest BCUT2D eigenvalue weighted by molar-refractivity contribution is 0.443. The summed E-state index contributed by atoms with van der Waals surface area (Å²) in [7, 11) is 0. The Labute approximate surface area is 88.3 Å². The molecule has 0 spiro atoms. The van der Waals surface area contributed by atoms with Crippen LogP contribution in [0.3, 0.4) is 0 Å². The first-order valence-electron chi connectivity index (χ1n) is 5.30. The first kappa shape index (κ1) is 10.6. The molecule has 15 heavy (non-hydrogen) atoms. The lowest BCUT2D eigenvalue weighted by Gasteiger charge is -2.19. The highest BCUT2D eigenvalue weighted by Gasteiger charge is 2.33. The van der Waals surface area contributed by atoms with Crippen molar-refractivity contribution >= 4 is 0 Å². The van der Waals surface area contributed by atoms with Crippen LogP contribution in [0.15, 0.2) is 18.2 Å². The van der Waals surface area contributed by atoms with Crippen molar-refractivity contribution in [1.29, 1.82) is 0 Å². The largest absolute Gasteiger partial charge is 0.327 e. The van der Waals surface area contributed by atoms with Gasteiger partial charge in [-0.05, 0) is 36.3 Å². The molecule has 2 N–H and O–H groups in total. The van der Waals surface area contributed by atoms with Gasteiger partial charge in [0.1, 0.15) is 0 Å². The molecule has 3 atom stereocenters. The first-order chi connectivity index (χ1) is 7.11. The maximum Gasteiger partial charge on any atom is 0.162 e. The van der Waals surface area contributed by atoms with Crippen LogP contribution >= 0.6 is 0 Å². The second-order valence-corrected chi connectivity index (χ2v) is 4.35. The van der Waals surface area contributed by atoms with Crippen molar-refractivity contribution in [3.05, 3.63) is 35.4 Å². The molecular weight excluding hydrogens is 196 g/mol. The monoisotopic (exact) mass is 211 g/mol. The van der Waals surface area contributed by atoms with Crippen molar-refractivity contribution in [2.75, 3.05) is 0 Å². The summed E-state index contributed by atoms with van der Waals surface area (Å²) in [6, 6.07) is 4.48. The van der Waals surface area contributed by atoms with Crippen LogP contribution in [-0.2, 0) is 0 Å². The van der Waals surface area contributed by atoms with E-state index < -0.39 is 11.6 Å². The molecule has 0 bridgehead atoms. The Kier molecular flexibility index (Phi) is 2.74. The minimum atomic E-state index is -0.764. The number of hydrogen-bond acceptors (Lipinski definition) is 1. The molecule has 2 rings (SSSR count). The van der Waals surface area contributed by atoms with Gasteiger partial charge in [0.15, 0.2) is 11.6 Å². The van der Waals surface area contributed by atoms with Crippen LogP contribution in [0, 0.1) is 17.6 Å². The van der Waals surface area contributed by atoms with Crippen LogP contribution in [0.1, 0.15) is 31.2 Å². The fourth-order valence-corrected chi connectivity index (χ4v) is 2.44. The molecule has 1 aliphatic rings. The zero-order valence-electron chi connectivity index (χ0n) is 8.71. The molecule has 1 fully saturated rings. The van der Waals surface area contributed by atoms with E-state index in [1.807, 2.05) is 6.92 Å². The van der Waals surface area contributed by atoms with Gasteiger partial charge in [-0.3, -0.25) is 0 Å². The molecule has 1 saturated carbocycles. The Morgan fingerprint density at radius 2 is 2.00 bits per heavy atom. The van der Waals surface area contributed by atoms with Crippen molar-refractivity contribution in [3.8, 4) is 0 Å². The minimum absolute atomic E-state index is 0.0655. The van der Waals surface area contributed by atoms with E-state index in [9.17, 15) is 8.78 Å². The third kappa shape index (κ3) is 1.76. The lowest BCUT2D eigenvalue weighted by atomic mass is 9.88. The number of benzene rings is 1. The summed E-state index contributed by atoms with van der Waals surface area (Å²) in [5.74, 6) is -1.18. The van der Waals surface area contributed by atoms with Gasteiger partial charge in [-0.25, -0.2) is 8.78 Å². The van der Waals surface area contributed by atoms with E-state index in [0.29, 0.717) is 5.56 Å². The third-order valence-electron chi connectivity index (χ3n) is 3.50. The number of nitrogens with two attached hydrogens (primary N) is 1. The normalized spacial score (nSPS) is 30.8. The molecule has 3 unspecified atom stereocenters. The summed E-state index contributed by atoms with van der Waals surface area (Å²) < 4.78 is 26.6. The quantitative estimate of drug-likeness (QED) is 0.759. The van der Waals surface area contributed by atoms with Crippen LogP contribution in [0.4, 0.5) is 8.78 Å². The Morgan fingerprint density at radius 3 is 2.60 bits per heavy atom. The zero-order valence-corrected chi connectivity index (χ0v) is 8.71. The van der Waals surface area contributed by atoms with Crippen LogP contribution < -0.4 is 5.73 Å². The highest BCUT2D eigenvalue weighted by molar-refractivity contribution is 5.25. The highest BCUT2D eigenvalue weighted by Crippen LogP contribution is 2.39.